The van der Waals surface area contributed by atoms with Crippen LogP contribution in [0.15, 0.2) is 30.1 Å². The first-order valence-electron chi connectivity index (χ1n) is 6.98. The van der Waals surface area contributed by atoms with Crippen molar-refractivity contribution in [2.24, 2.45) is 5.92 Å². The summed E-state index contributed by atoms with van der Waals surface area (Å²) in [7, 11) is 0. The van der Waals surface area contributed by atoms with Gasteiger partial charge in [0, 0.05) is 0 Å². The quantitative estimate of drug-likeness (QED) is 0.604. The fourth-order valence-electron chi connectivity index (χ4n) is 2.86. The minimum Gasteiger partial charge on any atom is -0.207 e. The Morgan fingerprint density at radius 1 is 1.14 bits per heavy atom. The number of allylic oxidation sites excluding steroid dienone is 2. The predicted molar refractivity (Wildman–Crippen MR) is 71.1 cm³/mol. The summed E-state index contributed by atoms with van der Waals surface area (Å²) in [5.41, 5.74) is 1.44. The molecule has 1 aromatic rings. The van der Waals surface area contributed by atoms with Gasteiger partial charge in [-0.2, -0.15) is 13.2 Å². The number of halogens is 5. The van der Waals surface area contributed by atoms with Gasteiger partial charge in [0.05, 0.1) is 0 Å². The Hall–Kier alpha value is -1.39. The fourth-order valence-corrected chi connectivity index (χ4v) is 2.86. The molecule has 0 spiro atoms. The molecule has 1 aliphatic carbocycles. The summed E-state index contributed by atoms with van der Waals surface area (Å²) in [5.74, 6) is -2.71. The van der Waals surface area contributed by atoms with Gasteiger partial charge >= 0.3 is 6.18 Å². The van der Waals surface area contributed by atoms with Gasteiger partial charge < -0.3 is 0 Å². The van der Waals surface area contributed by atoms with Crippen molar-refractivity contribution < 1.29 is 22.0 Å². The third-order valence-electron chi connectivity index (χ3n) is 4.02. The highest BCUT2D eigenvalue weighted by Gasteiger charge is 2.35. The topological polar surface area (TPSA) is 0 Å². The first-order chi connectivity index (χ1) is 9.77. The lowest BCUT2D eigenvalue weighted by Crippen LogP contribution is -2.15. The van der Waals surface area contributed by atoms with E-state index in [1.807, 2.05) is 6.07 Å². The van der Waals surface area contributed by atoms with Gasteiger partial charge in [-0.05, 0) is 67.7 Å². The molecule has 0 amide bonds. The highest BCUT2D eigenvalue weighted by atomic mass is 19.4. The smallest absolute Gasteiger partial charge is 0.207 e. The van der Waals surface area contributed by atoms with Crippen LogP contribution in [0.4, 0.5) is 22.0 Å². The maximum atomic E-state index is 13.9. The number of aryl methyl sites for hydroxylation is 1. The van der Waals surface area contributed by atoms with Crippen molar-refractivity contribution in [1.82, 2.24) is 0 Å². The standard InChI is InChI=1S/C16H17F5/c1-10-2-7-13(14(17)8-10)12-5-3-11(4-6-12)9-15(18)16(19,20)21/h2,7-9,11-12H,3-6H2,1H3. The Labute approximate surface area is 120 Å². The molecule has 0 N–H and O–H groups in total. The highest BCUT2D eigenvalue weighted by molar-refractivity contribution is 5.27. The minimum absolute atomic E-state index is 0.00389. The largest absolute Gasteiger partial charge is 0.442 e. The van der Waals surface area contributed by atoms with Gasteiger partial charge in [0.1, 0.15) is 5.82 Å². The van der Waals surface area contributed by atoms with E-state index in [0.717, 1.165) is 5.56 Å². The number of alkyl halides is 3. The van der Waals surface area contributed by atoms with Crippen LogP contribution in [0.5, 0.6) is 0 Å². The molecule has 0 aliphatic heterocycles. The molecule has 2 rings (SSSR count). The maximum absolute atomic E-state index is 13.9. The van der Waals surface area contributed by atoms with E-state index in [0.29, 0.717) is 37.3 Å². The molecular weight excluding hydrogens is 287 g/mol. The van der Waals surface area contributed by atoms with Crippen LogP contribution in [0.1, 0.15) is 42.7 Å². The number of rotatable bonds is 2. The van der Waals surface area contributed by atoms with Gasteiger partial charge in [0.25, 0.3) is 0 Å². The predicted octanol–water partition coefficient (Wildman–Crippen LogP) is 5.82. The lowest BCUT2D eigenvalue weighted by molar-refractivity contribution is -0.109. The molecule has 0 radical (unpaired) electrons. The third-order valence-corrected chi connectivity index (χ3v) is 4.02. The van der Waals surface area contributed by atoms with E-state index in [1.165, 1.54) is 6.07 Å². The first-order valence-corrected chi connectivity index (χ1v) is 6.98. The number of benzene rings is 1. The summed E-state index contributed by atoms with van der Waals surface area (Å²) in [6.45, 7) is 1.80. The summed E-state index contributed by atoms with van der Waals surface area (Å²) >= 11 is 0. The minimum atomic E-state index is -4.90. The second kappa shape index (κ2) is 6.16. The zero-order valence-corrected chi connectivity index (χ0v) is 11.7. The zero-order valence-electron chi connectivity index (χ0n) is 11.7. The Balaban J connectivity index is 2.00. The van der Waals surface area contributed by atoms with Crippen molar-refractivity contribution >= 4 is 0 Å². The summed E-state index contributed by atoms with van der Waals surface area (Å²) in [4.78, 5) is 0. The van der Waals surface area contributed by atoms with Crippen LogP contribution in [0, 0.1) is 18.7 Å². The van der Waals surface area contributed by atoms with Crippen LogP contribution in [0.2, 0.25) is 0 Å². The Morgan fingerprint density at radius 3 is 2.29 bits per heavy atom. The normalized spacial score (nSPS) is 24.2. The summed E-state index contributed by atoms with van der Waals surface area (Å²) in [5, 5.41) is 0. The molecule has 0 bridgehead atoms. The lowest BCUT2D eigenvalue weighted by Gasteiger charge is -2.27. The molecule has 0 nitrogen and oxygen atoms in total. The molecule has 0 saturated heterocycles. The fraction of sp³-hybridized carbons (Fsp3) is 0.500. The SMILES string of the molecule is Cc1ccc(C2CCC(C=C(F)C(F)(F)F)CC2)c(F)c1. The van der Waals surface area contributed by atoms with E-state index in [4.69, 9.17) is 0 Å². The molecule has 1 saturated carbocycles. The van der Waals surface area contributed by atoms with Crippen molar-refractivity contribution in [3.8, 4) is 0 Å². The van der Waals surface area contributed by atoms with Crippen molar-refractivity contribution in [2.75, 3.05) is 0 Å². The summed E-state index contributed by atoms with van der Waals surface area (Å²) < 4.78 is 63.2. The summed E-state index contributed by atoms with van der Waals surface area (Å²) in [6, 6.07) is 5.03. The van der Waals surface area contributed by atoms with Gasteiger partial charge in [-0.3, -0.25) is 0 Å². The second-order valence-corrected chi connectivity index (χ2v) is 5.65. The second-order valence-electron chi connectivity index (χ2n) is 5.65. The van der Waals surface area contributed by atoms with Gasteiger partial charge in [-0.25, -0.2) is 8.78 Å². The van der Waals surface area contributed by atoms with Crippen LogP contribution in [-0.4, -0.2) is 6.18 Å². The van der Waals surface area contributed by atoms with E-state index < -0.39 is 17.9 Å². The van der Waals surface area contributed by atoms with Crippen LogP contribution >= 0.6 is 0 Å². The number of hydrogen-bond donors (Lipinski definition) is 0. The molecule has 0 heterocycles. The lowest BCUT2D eigenvalue weighted by atomic mass is 9.78. The van der Waals surface area contributed by atoms with Crippen molar-refractivity contribution in [1.29, 1.82) is 0 Å². The Bertz CT molecular complexity index is 522. The van der Waals surface area contributed by atoms with Gasteiger partial charge in [0.2, 0.25) is 0 Å². The Morgan fingerprint density at radius 2 is 1.76 bits per heavy atom. The zero-order chi connectivity index (χ0) is 15.6. The Kier molecular flexibility index (Phi) is 4.69. The molecule has 116 valence electrons. The van der Waals surface area contributed by atoms with E-state index in [9.17, 15) is 22.0 Å². The monoisotopic (exact) mass is 304 g/mol. The average Bonchev–Trinajstić information content (AvgIpc) is 2.39. The molecule has 0 atom stereocenters. The van der Waals surface area contributed by atoms with Crippen molar-refractivity contribution in [2.45, 2.75) is 44.7 Å². The first kappa shape index (κ1) is 16.0. The average molecular weight is 304 g/mol. The number of hydrogen-bond acceptors (Lipinski definition) is 0. The molecule has 1 fully saturated rings. The third kappa shape index (κ3) is 4.05. The molecule has 0 unspecified atom stereocenters. The van der Waals surface area contributed by atoms with E-state index in [1.54, 1.807) is 13.0 Å². The molecule has 1 aliphatic rings. The van der Waals surface area contributed by atoms with Crippen LogP contribution in [0.3, 0.4) is 0 Å². The van der Waals surface area contributed by atoms with Crippen LogP contribution < -0.4 is 0 Å². The molecule has 21 heavy (non-hydrogen) atoms. The van der Waals surface area contributed by atoms with E-state index in [2.05, 4.69) is 0 Å². The van der Waals surface area contributed by atoms with E-state index in [-0.39, 0.29) is 11.7 Å². The maximum Gasteiger partial charge on any atom is 0.442 e. The van der Waals surface area contributed by atoms with Gasteiger partial charge in [0.15, 0.2) is 5.83 Å². The molecule has 1 aromatic carbocycles. The van der Waals surface area contributed by atoms with Crippen LogP contribution in [-0.2, 0) is 0 Å². The van der Waals surface area contributed by atoms with Crippen molar-refractivity contribution in [3.05, 3.63) is 47.0 Å². The molecular formula is C16H17F5. The molecule has 5 heteroatoms. The van der Waals surface area contributed by atoms with Crippen LogP contribution in [0.25, 0.3) is 0 Å². The highest BCUT2D eigenvalue weighted by Crippen LogP contribution is 2.39. The van der Waals surface area contributed by atoms with Crippen molar-refractivity contribution in [3.63, 3.8) is 0 Å². The molecule has 0 aromatic heterocycles. The van der Waals surface area contributed by atoms with Gasteiger partial charge in [-0.1, -0.05) is 12.1 Å². The summed E-state index contributed by atoms with van der Waals surface area (Å²) in [6.07, 6.45) is -2.19. The van der Waals surface area contributed by atoms with Gasteiger partial charge in [-0.15, -0.1) is 0 Å². The van der Waals surface area contributed by atoms with E-state index >= 15 is 0 Å².